The molecular formula is C10H13F2NO. The maximum absolute atomic E-state index is 12.9. The van der Waals surface area contributed by atoms with Gasteiger partial charge in [-0.05, 0) is 24.1 Å². The molecule has 0 aliphatic rings. The van der Waals surface area contributed by atoms with Gasteiger partial charge in [-0.2, -0.15) is 0 Å². The Morgan fingerprint density at radius 3 is 2.57 bits per heavy atom. The minimum Gasteiger partial charge on any atom is -0.508 e. The highest BCUT2D eigenvalue weighted by atomic mass is 19.3. The maximum atomic E-state index is 12.9. The monoisotopic (exact) mass is 201 g/mol. The number of nitrogens with two attached hydrogens (primary N) is 1. The third kappa shape index (κ3) is 2.67. The van der Waals surface area contributed by atoms with E-state index in [-0.39, 0.29) is 11.3 Å². The van der Waals surface area contributed by atoms with Gasteiger partial charge in [-0.15, -0.1) is 0 Å². The van der Waals surface area contributed by atoms with Gasteiger partial charge in [0.1, 0.15) is 5.75 Å². The molecule has 0 unspecified atom stereocenters. The van der Waals surface area contributed by atoms with Crippen LogP contribution < -0.4 is 5.73 Å². The topological polar surface area (TPSA) is 46.2 Å². The average molecular weight is 201 g/mol. The van der Waals surface area contributed by atoms with Crippen molar-refractivity contribution < 1.29 is 13.9 Å². The Balaban J connectivity index is 2.87. The number of aryl methyl sites for hydroxylation is 1. The molecule has 1 aromatic rings. The molecule has 0 bridgehead atoms. The second-order valence-corrected chi connectivity index (χ2v) is 3.37. The van der Waals surface area contributed by atoms with Crippen LogP contribution in [-0.2, 0) is 6.42 Å². The van der Waals surface area contributed by atoms with Crippen molar-refractivity contribution in [2.24, 2.45) is 5.73 Å². The summed E-state index contributed by atoms with van der Waals surface area (Å²) in [5, 5.41) is 9.38. The van der Waals surface area contributed by atoms with Gasteiger partial charge in [0.25, 0.3) is 5.92 Å². The van der Waals surface area contributed by atoms with E-state index in [9.17, 15) is 13.9 Å². The summed E-state index contributed by atoms with van der Waals surface area (Å²) in [5.74, 6) is -3.05. The first-order valence-electron chi connectivity index (χ1n) is 4.31. The Bertz CT molecular complexity index is 326. The fraction of sp³-hybridized carbons (Fsp3) is 0.400. The molecular weight excluding hydrogens is 188 g/mol. The molecule has 2 nitrogen and oxygen atoms in total. The molecule has 0 atom stereocenters. The van der Waals surface area contributed by atoms with Gasteiger partial charge in [-0.25, -0.2) is 8.78 Å². The Hall–Kier alpha value is -1.16. The van der Waals surface area contributed by atoms with Crippen LogP contribution in [0.3, 0.4) is 0 Å². The molecule has 4 heteroatoms. The SMILES string of the molecule is Cc1ccc(CC(F)(F)CN)c(O)c1. The summed E-state index contributed by atoms with van der Waals surface area (Å²) in [6, 6.07) is 4.64. The van der Waals surface area contributed by atoms with E-state index in [1.165, 1.54) is 12.1 Å². The second-order valence-electron chi connectivity index (χ2n) is 3.37. The number of phenolic OH excluding ortho intramolecular Hbond substituents is 1. The number of hydrogen-bond acceptors (Lipinski definition) is 2. The molecule has 78 valence electrons. The molecule has 0 saturated carbocycles. The largest absolute Gasteiger partial charge is 0.508 e. The molecule has 0 radical (unpaired) electrons. The van der Waals surface area contributed by atoms with Crippen LogP contribution in [0.2, 0.25) is 0 Å². The van der Waals surface area contributed by atoms with Crippen LogP contribution in [0.15, 0.2) is 18.2 Å². The zero-order chi connectivity index (χ0) is 10.8. The number of alkyl halides is 2. The maximum Gasteiger partial charge on any atom is 0.264 e. The van der Waals surface area contributed by atoms with E-state index in [1.54, 1.807) is 13.0 Å². The average Bonchev–Trinajstić information content (AvgIpc) is 2.10. The molecule has 0 amide bonds. The summed E-state index contributed by atoms with van der Waals surface area (Å²) in [6.07, 6.45) is -0.518. The van der Waals surface area contributed by atoms with Crippen molar-refractivity contribution in [3.05, 3.63) is 29.3 Å². The Morgan fingerprint density at radius 1 is 1.43 bits per heavy atom. The normalized spacial score (nSPS) is 11.7. The molecule has 0 fully saturated rings. The van der Waals surface area contributed by atoms with Gasteiger partial charge in [0, 0.05) is 6.42 Å². The number of halogens is 2. The number of hydrogen-bond donors (Lipinski definition) is 2. The number of benzene rings is 1. The lowest BCUT2D eigenvalue weighted by atomic mass is 10.0. The zero-order valence-electron chi connectivity index (χ0n) is 7.93. The van der Waals surface area contributed by atoms with Crippen LogP contribution in [0, 0.1) is 6.92 Å². The smallest absolute Gasteiger partial charge is 0.264 e. The van der Waals surface area contributed by atoms with E-state index in [0.717, 1.165) is 5.56 Å². The van der Waals surface area contributed by atoms with Gasteiger partial charge in [-0.3, -0.25) is 0 Å². The molecule has 0 aromatic heterocycles. The van der Waals surface area contributed by atoms with Crippen LogP contribution in [0.4, 0.5) is 8.78 Å². The number of aromatic hydroxyl groups is 1. The van der Waals surface area contributed by atoms with E-state index >= 15 is 0 Å². The lowest BCUT2D eigenvalue weighted by Crippen LogP contribution is -2.30. The first-order valence-corrected chi connectivity index (χ1v) is 4.31. The molecule has 0 spiro atoms. The molecule has 1 aromatic carbocycles. The van der Waals surface area contributed by atoms with Gasteiger partial charge in [0.15, 0.2) is 0 Å². The first kappa shape index (κ1) is 10.9. The highest BCUT2D eigenvalue weighted by Gasteiger charge is 2.28. The van der Waals surface area contributed by atoms with E-state index in [0.29, 0.717) is 0 Å². The van der Waals surface area contributed by atoms with Crippen molar-refractivity contribution in [3.63, 3.8) is 0 Å². The fourth-order valence-electron chi connectivity index (χ4n) is 1.17. The van der Waals surface area contributed by atoms with Crippen molar-refractivity contribution in [2.75, 3.05) is 6.54 Å². The second kappa shape index (κ2) is 3.92. The van der Waals surface area contributed by atoms with Crippen LogP contribution in [0.1, 0.15) is 11.1 Å². The van der Waals surface area contributed by atoms with Crippen molar-refractivity contribution in [1.29, 1.82) is 0 Å². The third-order valence-corrected chi connectivity index (χ3v) is 1.99. The predicted octanol–water partition coefficient (Wildman–Crippen LogP) is 1.84. The predicted molar refractivity (Wildman–Crippen MR) is 50.5 cm³/mol. The molecule has 0 saturated heterocycles. The van der Waals surface area contributed by atoms with Gasteiger partial charge in [0.05, 0.1) is 6.54 Å². The van der Waals surface area contributed by atoms with Crippen LogP contribution >= 0.6 is 0 Å². The highest BCUT2D eigenvalue weighted by Crippen LogP contribution is 2.25. The summed E-state index contributed by atoms with van der Waals surface area (Å²) >= 11 is 0. The Kier molecular flexibility index (Phi) is 3.06. The quantitative estimate of drug-likeness (QED) is 0.783. The summed E-state index contributed by atoms with van der Waals surface area (Å²) in [4.78, 5) is 0. The molecule has 1 rings (SSSR count). The fourth-order valence-corrected chi connectivity index (χ4v) is 1.17. The lowest BCUT2D eigenvalue weighted by molar-refractivity contribution is 0.0109. The van der Waals surface area contributed by atoms with E-state index < -0.39 is 18.9 Å². The summed E-state index contributed by atoms with van der Waals surface area (Å²) < 4.78 is 25.8. The molecule has 0 heterocycles. The van der Waals surface area contributed by atoms with E-state index in [1.807, 2.05) is 0 Å². The minimum absolute atomic E-state index is 0.0990. The van der Waals surface area contributed by atoms with Crippen LogP contribution in [-0.4, -0.2) is 17.6 Å². The number of phenols is 1. The highest BCUT2D eigenvalue weighted by molar-refractivity contribution is 5.36. The number of rotatable bonds is 3. The lowest BCUT2D eigenvalue weighted by Gasteiger charge is -2.14. The van der Waals surface area contributed by atoms with Crippen LogP contribution in [0.5, 0.6) is 5.75 Å². The van der Waals surface area contributed by atoms with Gasteiger partial charge >= 0.3 is 0 Å². The van der Waals surface area contributed by atoms with E-state index in [2.05, 4.69) is 0 Å². The van der Waals surface area contributed by atoms with Crippen molar-refractivity contribution >= 4 is 0 Å². The third-order valence-electron chi connectivity index (χ3n) is 1.99. The first-order chi connectivity index (χ1) is 6.44. The summed E-state index contributed by atoms with van der Waals surface area (Å²) in [6.45, 7) is 1.07. The Morgan fingerprint density at radius 2 is 2.07 bits per heavy atom. The Labute approximate surface area is 81.4 Å². The van der Waals surface area contributed by atoms with Crippen molar-refractivity contribution in [1.82, 2.24) is 0 Å². The molecule has 0 aliphatic heterocycles. The van der Waals surface area contributed by atoms with Gasteiger partial charge < -0.3 is 10.8 Å². The molecule has 14 heavy (non-hydrogen) atoms. The van der Waals surface area contributed by atoms with E-state index in [4.69, 9.17) is 5.73 Å². The van der Waals surface area contributed by atoms with Crippen molar-refractivity contribution in [3.8, 4) is 5.75 Å². The summed E-state index contributed by atoms with van der Waals surface area (Å²) in [5.41, 5.74) is 5.97. The minimum atomic E-state index is -2.95. The van der Waals surface area contributed by atoms with Crippen molar-refractivity contribution in [2.45, 2.75) is 19.3 Å². The van der Waals surface area contributed by atoms with Gasteiger partial charge in [-0.1, -0.05) is 12.1 Å². The standard InChI is InChI=1S/C10H13F2NO/c1-7-2-3-8(9(14)4-7)5-10(11,12)6-13/h2-4,14H,5-6,13H2,1H3. The summed E-state index contributed by atoms with van der Waals surface area (Å²) in [7, 11) is 0. The van der Waals surface area contributed by atoms with Crippen LogP contribution in [0.25, 0.3) is 0 Å². The molecule has 3 N–H and O–H groups in total. The van der Waals surface area contributed by atoms with Gasteiger partial charge in [0.2, 0.25) is 0 Å². The molecule has 0 aliphatic carbocycles. The zero-order valence-corrected chi connectivity index (χ0v) is 7.93.